The third kappa shape index (κ3) is 4.77. The molecule has 4 nitrogen and oxygen atoms in total. The predicted molar refractivity (Wildman–Crippen MR) is 107 cm³/mol. The highest BCUT2D eigenvalue weighted by Gasteiger charge is 2.18. The lowest BCUT2D eigenvalue weighted by atomic mass is 10.1. The number of halogens is 2. The van der Waals surface area contributed by atoms with Crippen molar-refractivity contribution in [3.63, 3.8) is 0 Å². The number of carbonyl (C=O) groups excluding carboxylic acids is 1. The summed E-state index contributed by atoms with van der Waals surface area (Å²) in [4.78, 5) is 16.4. The summed E-state index contributed by atoms with van der Waals surface area (Å²) >= 11 is 12.4. The first-order valence-electron chi connectivity index (χ1n) is 8.75. The maximum absolute atomic E-state index is 11.6. The molecular weight excluding hydrogens is 369 g/mol. The Morgan fingerprint density at radius 1 is 0.962 bits per heavy atom. The van der Waals surface area contributed by atoms with Crippen molar-refractivity contribution in [3.05, 3.63) is 69.2 Å². The summed E-state index contributed by atoms with van der Waals surface area (Å²) < 4.78 is 0. The Balaban J connectivity index is 1.51. The Hall–Kier alpha value is -1.59. The van der Waals surface area contributed by atoms with Gasteiger partial charge in [0.1, 0.15) is 0 Å². The monoisotopic (exact) mass is 391 g/mol. The fourth-order valence-electron chi connectivity index (χ4n) is 3.18. The van der Waals surface area contributed by atoms with E-state index in [9.17, 15) is 4.79 Å². The van der Waals surface area contributed by atoms with Crippen LogP contribution in [0.1, 0.15) is 21.5 Å². The largest absolute Gasteiger partial charge is 0.355 e. The third-order valence-corrected chi connectivity index (χ3v) is 5.60. The number of benzene rings is 2. The van der Waals surface area contributed by atoms with E-state index in [4.69, 9.17) is 23.2 Å². The van der Waals surface area contributed by atoms with Gasteiger partial charge in [-0.25, -0.2) is 0 Å². The first kappa shape index (κ1) is 19.2. The molecule has 0 spiro atoms. The van der Waals surface area contributed by atoms with E-state index in [1.807, 2.05) is 42.5 Å². The molecule has 2 aromatic rings. The minimum atomic E-state index is -0.0511. The van der Waals surface area contributed by atoms with Crippen LogP contribution in [-0.4, -0.2) is 48.9 Å². The molecule has 1 aliphatic rings. The number of amides is 1. The molecule has 138 valence electrons. The van der Waals surface area contributed by atoms with Crippen molar-refractivity contribution >= 4 is 29.1 Å². The van der Waals surface area contributed by atoms with Crippen LogP contribution in [0.25, 0.3) is 0 Å². The Bertz CT molecular complexity index is 756. The molecule has 0 radical (unpaired) electrons. The SMILES string of the molecule is CNC(=O)c1ccc(CN2CCN(Cc3cccc(Cl)c3Cl)CC2)cc1. The average molecular weight is 392 g/mol. The van der Waals surface area contributed by atoms with Crippen LogP contribution in [0, 0.1) is 0 Å². The van der Waals surface area contributed by atoms with Crippen LogP contribution in [0.2, 0.25) is 10.0 Å². The number of nitrogens with one attached hydrogen (secondary N) is 1. The molecule has 3 rings (SSSR count). The van der Waals surface area contributed by atoms with E-state index in [0.717, 1.165) is 44.8 Å². The minimum Gasteiger partial charge on any atom is -0.355 e. The molecule has 2 aromatic carbocycles. The van der Waals surface area contributed by atoms with Gasteiger partial charge in [0, 0.05) is 51.9 Å². The van der Waals surface area contributed by atoms with Gasteiger partial charge in [-0.1, -0.05) is 47.5 Å². The second kappa shape index (κ2) is 8.87. The van der Waals surface area contributed by atoms with Gasteiger partial charge < -0.3 is 5.32 Å². The van der Waals surface area contributed by atoms with Gasteiger partial charge in [0.05, 0.1) is 10.0 Å². The highest BCUT2D eigenvalue weighted by atomic mass is 35.5. The van der Waals surface area contributed by atoms with Gasteiger partial charge in [0.2, 0.25) is 0 Å². The molecule has 0 atom stereocenters. The highest BCUT2D eigenvalue weighted by Crippen LogP contribution is 2.26. The van der Waals surface area contributed by atoms with Crippen LogP contribution in [0.4, 0.5) is 0 Å². The molecule has 6 heteroatoms. The number of carbonyl (C=O) groups is 1. The second-order valence-corrected chi connectivity index (χ2v) is 7.33. The van der Waals surface area contributed by atoms with Crippen molar-refractivity contribution in [1.82, 2.24) is 15.1 Å². The zero-order chi connectivity index (χ0) is 18.5. The highest BCUT2D eigenvalue weighted by molar-refractivity contribution is 6.42. The van der Waals surface area contributed by atoms with E-state index in [-0.39, 0.29) is 5.91 Å². The van der Waals surface area contributed by atoms with E-state index in [1.54, 1.807) is 7.05 Å². The van der Waals surface area contributed by atoms with Crippen LogP contribution in [0.5, 0.6) is 0 Å². The quantitative estimate of drug-likeness (QED) is 0.844. The van der Waals surface area contributed by atoms with Gasteiger partial charge in [-0.15, -0.1) is 0 Å². The molecule has 0 unspecified atom stereocenters. The Labute approximate surface area is 164 Å². The third-order valence-electron chi connectivity index (χ3n) is 4.74. The molecule has 1 aliphatic heterocycles. The molecule has 0 aliphatic carbocycles. The predicted octanol–water partition coefficient (Wildman–Crippen LogP) is 3.67. The molecule has 0 saturated carbocycles. The zero-order valence-electron chi connectivity index (χ0n) is 14.8. The number of piperazine rings is 1. The summed E-state index contributed by atoms with van der Waals surface area (Å²) in [7, 11) is 1.65. The maximum atomic E-state index is 11.6. The van der Waals surface area contributed by atoms with E-state index >= 15 is 0 Å². The van der Waals surface area contributed by atoms with Crippen molar-refractivity contribution in [2.45, 2.75) is 13.1 Å². The standard InChI is InChI=1S/C20H23Cl2N3O/c1-23-20(26)16-7-5-15(6-8-16)13-24-9-11-25(12-10-24)14-17-3-2-4-18(21)19(17)22/h2-8H,9-14H2,1H3,(H,23,26). The van der Waals surface area contributed by atoms with Crippen LogP contribution < -0.4 is 5.32 Å². The lowest BCUT2D eigenvalue weighted by molar-refractivity contribution is 0.0963. The molecule has 1 heterocycles. The summed E-state index contributed by atoms with van der Waals surface area (Å²) in [6.45, 7) is 5.75. The van der Waals surface area contributed by atoms with Gasteiger partial charge in [-0.3, -0.25) is 14.6 Å². The van der Waals surface area contributed by atoms with Crippen molar-refractivity contribution < 1.29 is 4.79 Å². The zero-order valence-corrected chi connectivity index (χ0v) is 16.4. The normalized spacial score (nSPS) is 15.8. The Kier molecular flexibility index (Phi) is 6.54. The van der Waals surface area contributed by atoms with Crippen LogP contribution in [0.3, 0.4) is 0 Å². The molecule has 1 saturated heterocycles. The van der Waals surface area contributed by atoms with Crippen molar-refractivity contribution in [2.24, 2.45) is 0 Å². The lowest BCUT2D eigenvalue weighted by Gasteiger charge is -2.35. The summed E-state index contributed by atoms with van der Waals surface area (Å²) in [5.41, 5.74) is 3.00. The van der Waals surface area contributed by atoms with Gasteiger partial charge in [0.15, 0.2) is 0 Å². The minimum absolute atomic E-state index is 0.0511. The fourth-order valence-corrected chi connectivity index (χ4v) is 3.56. The van der Waals surface area contributed by atoms with E-state index in [2.05, 4.69) is 15.1 Å². The van der Waals surface area contributed by atoms with Gasteiger partial charge in [-0.05, 0) is 29.3 Å². The van der Waals surface area contributed by atoms with Crippen molar-refractivity contribution in [1.29, 1.82) is 0 Å². The van der Waals surface area contributed by atoms with E-state index in [0.29, 0.717) is 15.6 Å². The van der Waals surface area contributed by atoms with Gasteiger partial charge >= 0.3 is 0 Å². The number of nitrogens with zero attached hydrogens (tertiary/aromatic N) is 2. The average Bonchev–Trinajstić information content (AvgIpc) is 2.67. The summed E-state index contributed by atoms with van der Waals surface area (Å²) in [6, 6.07) is 13.6. The first-order chi connectivity index (χ1) is 12.6. The molecule has 1 amide bonds. The summed E-state index contributed by atoms with van der Waals surface area (Å²) in [6.07, 6.45) is 0. The summed E-state index contributed by atoms with van der Waals surface area (Å²) in [5.74, 6) is -0.0511. The maximum Gasteiger partial charge on any atom is 0.251 e. The van der Waals surface area contributed by atoms with Crippen LogP contribution >= 0.6 is 23.2 Å². The second-order valence-electron chi connectivity index (χ2n) is 6.54. The Morgan fingerprint density at radius 3 is 2.19 bits per heavy atom. The topological polar surface area (TPSA) is 35.6 Å². The van der Waals surface area contributed by atoms with Crippen LogP contribution in [-0.2, 0) is 13.1 Å². The summed E-state index contributed by atoms with van der Waals surface area (Å²) in [5, 5.41) is 3.92. The smallest absolute Gasteiger partial charge is 0.251 e. The van der Waals surface area contributed by atoms with Crippen LogP contribution in [0.15, 0.2) is 42.5 Å². The number of rotatable bonds is 5. The fraction of sp³-hybridized carbons (Fsp3) is 0.350. The Morgan fingerprint density at radius 2 is 1.58 bits per heavy atom. The first-order valence-corrected chi connectivity index (χ1v) is 9.51. The number of hydrogen-bond donors (Lipinski definition) is 1. The van der Waals surface area contributed by atoms with E-state index < -0.39 is 0 Å². The van der Waals surface area contributed by atoms with Crippen molar-refractivity contribution in [3.8, 4) is 0 Å². The number of hydrogen-bond acceptors (Lipinski definition) is 3. The molecule has 0 aromatic heterocycles. The molecule has 0 bridgehead atoms. The molecule has 1 fully saturated rings. The van der Waals surface area contributed by atoms with Crippen molar-refractivity contribution in [2.75, 3.05) is 33.2 Å². The lowest BCUT2D eigenvalue weighted by Crippen LogP contribution is -2.45. The molecular formula is C20H23Cl2N3O. The van der Waals surface area contributed by atoms with E-state index in [1.165, 1.54) is 5.56 Å². The molecule has 26 heavy (non-hydrogen) atoms. The molecule has 1 N–H and O–H groups in total. The van der Waals surface area contributed by atoms with Gasteiger partial charge in [0.25, 0.3) is 5.91 Å². The van der Waals surface area contributed by atoms with Gasteiger partial charge in [-0.2, -0.15) is 0 Å².